The molecule has 0 saturated carbocycles. The van der Waals surface area contributed by atoms with Crippen LogP contribution in [0.1, 0.15) is 175 Å². The minimum absolute atomic E-state index is 0.135. The Morgan fingerprint density at radius 1 is 0.323 bits per heavy atom. The van der Waals surface area contributed by atoms with Crippen LogP contribution in [0, 0.1) is 0 Å². The molecule has 0 bridgehead atoms. The van der Waals surface area contributed by atoms with Gasteiger partial charge in [-0.05, 0) is 96.3 Å². The van der Waals surface area contributed by atoms with E-state index in [0.717, 1.165) is 109 Å². The highest BCUT2D eigenvalue weighted by Crippen LogP contribution is 2.12. The predicted molar refractivity (Wildman–Crippen MR) is 278 cm³/mol. The van der Waals surface area contributed by atoms with Crippen molar-refractivity contribution >= 4 is 17.9 Å². The molecule has 0 aliphatic rings. The fourth-order valence-corrected chi connectivity index (χ4v) is 6.01. The summed E-state index contributed by atoms with van der Waals surface area (Å²) < 4.78 is 16.7. The molecule has 6 heteroatoms. The number of esters is 3. The lowest BCUT2D eigenvalue weighted by Gasteiger charge is -2.18. The van der Waals surface area contributed by atoms with Crippen LogP contribution in [-0.4, -0.2) is 37.2 Å². The topological polar surface area (TPSA) is 78.9 Å². The van der Waals surface area contributed by atoms with Crippen LogP contribution in [0.2, 0.25) is 0 Å². The lowest BCUT2D eigenvalue weighted by atomic mass is 10.1. The molecule has 65 heavy (non-hydrogen) atoms. The largest absolute Gasteiger partial charge is 0.462 e. The van der Waals surface area contributed by atoms with Gasteiger partial charge in [0.05, 0.1) is 0 Å². The van der Waals surface area contributed by atoms with Crippen LogP contribution >= 0.6 is 0 Å². The van der Waals surface area contributed by atoms with Crippen molar-refractivity contribution in [2.45, 2.75) is 181 Å². The molecule has 0 saturated heterocycles. The summed E-state index contributed by atoms with van der Waals surface area (Å²) >= 11 is 0. The number of hydrogen-bond acceptors (Lipinski definition) is 6. The molecule has 0 aliphatic heterocycles. The predicted octanol–water partition coefficient (Wildman–Crippen LogP) is 16.6. The summed E-state index contributed by atoms with van der Waals surface area (Å²) in [5.74, 6) is -1.09. The maximum atomic E-state index is 12.8. The van der Waals surface area contributed by atoms with E-state index in [9.17, 15) is 14.4 Å². The molecule has 0 spiro atoms. The molecule has 0 fully saturated rings. The van der Waals surface area contributed by atoms with Crippen molar-refractivity contribution in [1.82, 2.24) is 0 Å². The average Bonchev–Trinajstić information content (AvgIpc) is 3.30. The van der Waals surface area contributed by atoms with Crippen molar-refractivity contribution in [2.75, 3.05) is 13.2 Å². The molecule has 0 amide bonds. The van der Waals surface area contributed by atoms with Crippen molar-refractivity contribution in [3.05, 3.63) is 158 Å². The first-order valence-corrected chi connectivity index (χ1v) is 25.1. The fourth-order valence-electron chi connectivity index (χ4n) is 6.01. The second-order valence-corrected chi connectivity index (χ2v) is 15.7. The van der Waals surface area contributed by atoms with Gasteiger partial charge in [0.25, 0.3) is 0 Å². The molecule has 0 aromatic rings. The zero-order valence-corrected chi connectivity index (χ0v) is 40.9. The highest BCUT2D eigenvalue weighted by atomic mass is 16.6. The van der Waals surface area contributed by atoms with Crippen LogP contribution in [0.15, 0.2) is 158 Å². The zero-order chi connectivity index (χ0) is 47.2. The van der Waals surface area contributed by atoms with E-state index in [4.69, 9.17) is 14.2 Å². The van der Waals surface area contributed by atoms with Gasteiger partial charge in [-0.1, -0.05) is 217 Å². The number of carbonyl (C=O) groups is 3. The van der Waals surface area contributed by atoms with E-state index < -0.39 is 6.10 Å². The third kappa shape index (κ3) is 49.9. The number of rotatable bonds is 42. The first-order chi connectivity index (χ1) is 32.0. The van der Waals surface area contributed by atoms with Gasteiger partial charge < -0.3 is 14.2 Å². The number of carbonyl (C=O) groups excluding carboxylic acids is 3. The van der Waals surface area contributed by atoms with Crippen LogP contribution in [0.25, 0.3) is 0 Å². The lowest BCUT2D eigenvalue weighted by Crippen LogP contribution is -2.30. The molecule has 1 unspecified atom stereocenters. The molecule has 1 atom stereocenters. The SMILES string of the molecule is CC/C=C/C=C/C=C/C=C/CCCCCC(=O)OCC(COC(=O)CC/C=C/C/C=C/C/C=C/C/C=C/C/C=C/C/C=C/CC)OC(=O)CCCCCCCCC/C=C/C=C/C=C/CC. The Morgan fingerprint density at radius 3 is 1.12 bits per heavy atom. The molecule has 0 aromatic heterocycles. The van der Waals surface area contributed by atoms with Gasteiger partial charge in [-0.3, -0.25) is 14.4 Å². The van der Waals surface area contributed by atoms with Gasteiger partial charge in [-0.15, -0.1) is 0 Å². The second kappa shape index (κ2) is 51.7. The van der Waals surface area contributed by atoms with Gasteiger partial charge in [-0.2, -0.15) is 0 Å². The highest BCUT2D eigenvalue weighted by molar-refractivity contribution is 5.71. The highest BCUT2D eigenvalue weighted by Gasteiger charge is 2.19. The minimum atomic E-state index is -0.839. The Kier molecular flexibility index (Phi) is 47.7. The summed E-state index contributed by atoms with van der Waals surface area (Å²) in [6.45, 7) is 6.11. The van der Waals surface area contributed by atoms with Crippen molar-refractivity contribution < 1.29 is 28.6 Å². The van der Waals surface area contributed by atoms with E-state index in [0.29, 0.717) is 6.42 Å². The van der Waals surface area contributed by atoms with Crippen molar-refractivity contribution in [3.8, 4) is 0 Å². The molecule has 0 aliphatic carbocycles. The van der Waals surface area contributed by atoms with Crippen LogP contribution in [-0.2, 0) is 28.6 Å². The van der Waals surface area contributed by atoms with E-state index in [1.807, 2.05) is 48.6 Å². The van der Waals surface area contributed by atoms with Crippen molar-refractivity contribution in [2.24, 2.45) is 0 Å². The summed E-state index contributed by atoms with van der Waals surface area (Å²) in [4.78, 5) is 37.9. The van der Waals surface area contributed by atoms with E-state index in [1.165, 1.54) is 19.3 Å². The third-order valence-electron chi connectivity index (χ3n) is 9.68. The maximum absolute atomic E-state index is 12.8. The van der Waals surface area contributed by atoms with E-state index >= 15 is 0 Å². The third-order valence-corrected chi connectivity index (χ3v) is 9.68. The fraction of sp³-hybridized carbons (Fsp3) is 0.508. The van der Waals surface area contributed by atoms with Gasteiger partial charge in [0, 0.05) is 19.3 Å². The normalized spacial score (nSPS) is 13.5. The smallest absolute Gasteiger partial charge is 0.306 e. The van der Waals surface area contributed by atoms with Crippen LogP contribution < -0.4 is 0 Å². The Labute approximate surface area is 397 Å². The van der Waals surface area contributed by atoms with E-state index in [2.05, 4.69) is 130 Å². The Morgan fingerprint density at radius 2 is 0.662 bits per heavy atom. The lowest BCUT2D eigenvalue weighted by molar-refractivity contribution is -0.166. The minimum Gasteiger partial charge on any atom is -0.462 e. The van der Waals surface area contributed by atoms with Crippen molar-refractivity contribution in [1.29, 1.82) is 0 Å². The van der Waals surface area contributed by atoms with Gasteiger partial charge in [0.1, 0.15) is 13.2 Å². The van der Waals surface area contributed by atoms with Crippen LogP contribution in [0.4, 0.5) is 0 Å². The van der Waals surface area contributed by atoms with Gasteiger partial charge in [0.2, 0.25) is 0 Å². The molecule has 0 rings (SSSR count). The number of ether oxygens (including phenoxy) is 3. The molecule has 0 N–H and O–H groups in total. The zero-order valence-electron chi connectivity index (χ0n) is 40.9. The second-order valence-electron chi connectivity index (χ2n) is 15.7. The van der Waals surface area contributed by atoms with Crippen LogP contribution in [0.3, 0.4) is 0 Å². The molecule has 6 nitrogen and oxygen atoms in total. The molecular weight excluding hydrogens is 805 g/mol. The number of unbranched alkanes of at least 4 members (excludes halogenated alkanes) is 10. The monoisotopic (exact) mass is 893 g/mol. The standard InChI is InChI=1S/C59H88O6/c1-4-7-10-13-16-19-22-25-27-28-29-30-32-34-37-40-43-46-49-52-58(61)64-55-56(54-63-57(60)51-48-45-42-39-36-33-24-21-18-15-12-9-6-3)65-59(62)53-50-47-44-41-38-35-31-26-23-20-17-14-11-8-5-2/h7-12,14-21,23-25,27,29-30,33-34,36-37,43,46,56H,4-6,13,22,26,28,31-32,35,38-42,44-45,47-55H2,1-3H3/b10-7+,11-8+,12-9+,17-14+,18-15+,19-16+,23-20+,24-21+,27-25+,30-29+,36-33+,37-34+,46-43+. The summed E-state index contributed by atoms with van der Waals surface area (Å²) in [7, 11) is 0. The van der Waals surface area contributed by atoms with E-state index in [-0.39, 0.29) is 50.4 Å². The summed E-state index contributed by atoms with van der Waals surface area (Å²) in [5, 5.41) is 0. The van der Waals surface area contributed by atoms with Gasteiger partial charge in [-0.25, -0.2) is 0 Å². The van der Waals surface area contributed by atoms with Gasteiger partial charge in [0.15, 0.2) is 6.10 Å². The Bertz CT molecular complexity index is 1540. The molecule has 0 heterocycles. The molecule has 360 valence electrons. The number of allylic oxidation sites excluding steroid dienone is 26. The maximum Gasteiger partial charge on any atom is 0.306 e. The van der Waals surface area contributed by atoms with Crippen molar-refractivity contribution in [3.63, 3.8) is 0 Å². The Balaban J connectivity index is 4.61. The first kappa shape index (κ1) is 60.0. The van der Waals surface area contributed by atoms with Crippen LogP contribution in [0.5, 0.6) is 0 Å². The molecule has 0 radical (unpaired) electrons. The number of hydrogen-bond donors (Lipinski definition) is 0. The Hall–Kier alpha value is -4.97. The summed E-state index contributed by atoms with van der Waals surface area (Å²) in [5.41, 5.74) is 0. The molecular formula is C59H88O6. The average molecular weight is 893 g/mol. The van der Waals surface area contributed by atoms with Gasteiger partial charge >= 0.3 is 17.9 Å². The summed E-state index contributed by atoms with van der Waals surface area (Å²) in [6, 6.07) is 0. The summed E-state index contributed by atoms with van der Waals surface area (Å²) in [6.07, 6.45) is 75.2. The molecule has 0 aromatic carbocycles. The quantitative estimate of drug-likeness (QED) is 0.0200. The first-order valence-electron chi connectivity index (χ1n) is 25.1. The van der Waals surface area contributed by atoms with E-state index in [1.54, 1.807) is 0 Å².